The SMILES string of the molecule is Cc1c[c]c2c(c1C)OC(C)(C)c1cc(CC(C)C)ccc1-2. The summed E-state index contributed by atoms with van der Waals surface area (Å²) in [5.41, 5.74) is 7.18. The summed E-state index contributed by atoms with van der Waals surface area (Å²) >= 11 is 0. The monoisotopic (exact) mass is 293 g/mol. The lowest BCUT2D eigenvalue weighted by Crippen LogP contribution is -2.30. The molecule has 0 aliphatic carbocycles. The molecule has 22 heavy (non-hydrogen) atoms. The summed E-state index contributed by atoms with van der Waals surface area (Å²) in [7, 11) is 0. The molecule has 1 aliphatic heterocycles. The van der Waals surface area contributed by atoms with Crippen LogP contribution in [0.15, 0.2) is 24.3 Å². The van der Waals surface area contributed by atoms with Gasteiger partial charge in [0.2, 0.25) is 0 Å². The fraction of sp³-hybridized carbons (Fsp3) is 0.429. The maximum atomic E-state index is 6.39. The van der Waals surface area contributed by atoms with Crippen molar-refractivity contribution >= 4 is 0 Å². The molecular weight excluding hydrogens is 268 g/mol. The Kier molecular flexibility index (Phi) is 3.55. The third-order valence-corrected chi connectivity index (χ3v) is 4.60. The van der Waals surface area contributed by atoms with Crippen LogP contribution in [0.5, 0.6) is 5.75 Å². The van der Waals surface area contributed by atoms with Crippen molar-refractivity contribution in [3.8, 4) is 16.9 Å². The Morgan fingerprint density at radius 3 is 2.59 bits per heavy atom. The van der Waals surface area contributed by atoms with Crippen LogP contribution in [0.2, 0.25) is 0 Å². The largest absolute Gasteiger partial charge is 0.482 e. The zero-order valence-corrected chi connectivity index (χ0v) is 14.5. The summed E-state index contributed by atoms with van der Waals surface area (Å²) in [6.07, 6.45) is 1.10. The van der Waals surface area contributed by atoms with E-state index in [-0.39, 0.29) is 5.60 Å². The average Bonchev–Trinajstić information content (AvgIpc) is 2.43. The normalized spacial score (nSPS) is 15.2. The van der Waals surface area contributed by atoms with Gasteiger partial charge in [0.15, 0.2) is 0 Å². The van der Waals surface area contributed by atoms with Crippen molar-refractivity contribution in [2.75, 3.05) is 0 Å². The van der Waals surface area contributed by atoms with Gasteiger partial charge in [-0.3, -0.25) is 0 Å². The number of hydrogen-bond donors (Lipinski definition) is 0. The number of aryl methyl sites for hydroxylation is 1. The van der Waals surface area contributed by atoms with Gasteiger partial charge in [-0.1, -0.05) is 38.1 Å². The Morgan fingerprint density at radius 2 is 1.91 bits per heavy atom. The molecule has 2 aromatic carbocycles. The molecule has 0 saturated carbocycles. The number of benzene rings is 2. The highest BCUT2D eigenvalue weighted by Gasteiger charge is 2.33. The Morgan fingerprint density at radius 1 is 1.18 bits per heavy atom. The van der Waals surface area contributed by atoms with Gasteiger partial charge in [0.1, 0.15) is 11.4 Å². The molecule has 0 bridgehead atoms. The summed E-state index contributed by atoms with van der Waals surface area (Å²) in [5.74, 6) is 1.66. The van der Waals surface area contributed by atoms with Gasteiger partial charge in [-0.05, 0) is 68.4 Å². The lowest BCUT2D eigenvalue weighted by atomic mass is 9.83. The Balaban J connectivity index is 2.20. The van der Waals surface area contributed by atoms with Gasteiger partial charge >= 0.3 is 0 Å². The molecule has 1 nitrogen and oxygen atoms in total. The van der Waals surface area contributed by atoms with Crippen LogP contribution in [-0.2, 0) is 12.0 Å². The Bertz CT molecular complexity index is 723. The van der Waals surface area contributed by atoms with E-state index in [9.17, 15) is 0 Å². The second kappa shape index (κ2) is 5.15. The highest BCUT2D eigenvalue weighted by atomic mass is 16.5. The predicted molar refractivity (Wildman–Crippen MR) is 92.4 cm³/mol. The third kappa shape index (κ3) is 2.43. The summed E-state index contributed by atoms with van der Waals surface area (Å²) in [4.78, 5) is 0. The smallest absolute Gasteiger partial charge is 0.132 e. The summed E-state index contributed by atoms with van der Waals surface area (Å²) in [5, 5.41) is 0. The summed E-state index contributed by atoms with van der Waals surface area (Å²) in [6, 6.07) is 12.3. The van der Waals surface area contributed by atoms with Crippen molar-refractivity contribution in [3.05, 3.63) is 52.6 Å². The van der Waals surface area contributed by atoms with E-state index in [0.29, 0.717) is 5.92 Å². The van der Waals surface area contributed by atoms with E-state index in [1.54, 1.807) is 0 Å². The molecule has 1 aliphatic rings. The second-order valence-electron chi connectivity index (χ2n) is 7.39. The number of hydrogen-bond acceptors (Lipinski definition) is 1. The molecule has 0 amide bonds. The predicted octanol–water partition coefficient (Wildman–Crippen LogP) is 5.60. The van der Waals surface area contributed by atoms with Gasteiger partial charge in [-0.15, -0.1) is 0 Å². The van der Waals surface area contributed by atoms with Crippen molar-refractivity contribution in [1.82, 2.24) is 0 Å². The first-order valence-electron chi connectivity index (χ1n) is 8.14. The van der Waals surface area contributed by atoms with Gasteiger partial charge in [0.25, 0.3) is 0 Å². The number of rotatable bonds is 2. The van der Waals surface area contributed by atoms with E-state index in [4.69, 9.17) is 4.74 Å². The minimum Gasteiger partial charge on any atom is -0.482 e. The first kappa shape index (κ1) is 15.1. The van der Waals surface area contributed by atoms with Crippen molar-refractivity contribution in [2.24, 2.45) is 5.92 Å². The average molecular weight is 293 g/mol. The second-order valence-corrected chi connectivity index (χ2v) is 7.39. The molecule has 0 spiro atoms. The summed E-state index contributed by atoms with van der Waals surface area (Å²) < 4.78 is 6.39. The van der Waals surface area contributed by atoms with E-state index in [1.165, 1.54) is 27.8 Å². The molecule has 0 saturated heterocycles. The van der Waals surface area contributed by atoms with E-state index in [0.717, 1.165) is 17.7 Å². The van der Waals surface area contributed by atoms with Gasteiger partial charge in [0.05, 0.1) is 0 Å². The molecule has 115 valence electrons. The minimum absolute atomic E-state index is 0.304. The lowest BCUT2D eigenvalue weighted by molar-refractivity contribution is 0.104. The van der Waals surface area contributed by atoms with Crippen molar-refractivity contribution < 1.29 is 4.74 Å². The number of ether oxygens (including phenoxy) is 1. The van der Waals surface area contributed by atoms with Gasteiger partial charge in [-0.2, -0.15) is 0 Å². The van der Waals surface area contributed by atoms with E-state index >= 15 is 0 Å². The standard InChI is InChI=1S/C21H25O/c1-13(2)11-16-8-10-17-18-9-7-14(3)15(4)20(18)22-21(5,6)19(17)12-16/h7-8,10,12-13H,11H2,1-6H3. The zero-order valence-electron chi connectivity index (χ0n) is 14.5. The van der Waals surface area contributed by atoms with Gasteiger partial charge < -0.3 is 4.74 Å². The van der Waals surface area contributed by atoms with Crippen LogP contribution < -0.4 is 4.74 Å². The molecule has 1 heterocycles. The van der Waals surface area contributed by atoms with E-state index in [2.05, 4.69) is 71.9 Å². The van der Waals surface area contributed by atoms with Crippen molar-refractivity contribution in [2.45, 2.75) is 53.6 Å². The molecule has 0 aromatic heterocycles. The van der Waals surface area contributed by atoms with Crippen LogP contribution >= 0.6 is 0 Å². The minimum atomic E-state index is -0.304. The molecule has 1 heteroatoms. The molecular formula is C21H25O. The lowest BCUT2D eigenvalue weighted by Gasteiger charge is -2.36. The van der Waals surface area contributed by atoms with Crippen molar-refractivity contribution in [3.63, 3.8) is 0 Å². The Labute approximate surface area is 134 Å². The first-order chi connectivity index (χ1) is 10.3. The topological polar surface area (TPSA) is 9.23 Å². The molecule has 0 N–H and O–H groups in total. The van der Waals surface area contributed by atoms with Crippen LogP contribution in [0.1, 0.15) is 49.9 Å². The van der Waals surface area contributed by atoms with E-state index in [1.807, 2.05) is 0 Å². The fourth-order valence-electron chi connectivity index (χ4n) is 3.26. The molecule has 0 fully saturated rings. The highest BCUT2D eigenvalue weighted by molar-refractivity contribution is 5.78. The van der Waals surface area contributed by atoms with Gasteiger partial charge in [0, 0.05) is 11.1 Å². The van der Waals surface area contributed by atoms with Crippen LogP contribution in [0, 0.1) is 25.8 Å². The van der Waals surface area contributed by atoms with Crippen LogP contribution in [-0.4, -0.2) is 0 Å². The fourth-order valence-corrected chi connectivity index (χ4v) is 3.26. The maximum Gasteiger partial charge on any atom is 0.132 e. The quantitative estimate of drug-likeness (QED) is 0.700. The third-order valence-electron chi connectivity index (χ3n) is 4.60. The zero-order chi connectivity index (χ0) is 16.1. The molecule has 3 rings (SSSR count). The van der Waals surface area contributed by atoms with Crippen LogP contribution in [0.3, 0.4) is 0 Å². The molecule has 1 radical (unpaired) electrons. The summed E-state index contributed by atoms with van der Waals surface area (Å²) in [6.45, 7) is 13.1. The molecule has 2 aromatic rings. The van der Waals surface area contributed by atoms with Crippen molar-refractivity contribution in [1.29, 1.82) is 0 Å². The molecule has 0 atom stereocenters. The van der Waals surface area contributed by atoms with Crippen LogP contribution in [0.25, 0.3) is 11.1 Å². The maximum absolute atomic E-state index is 6.39. The highest BCUT2D eigenvalue weighted by Crippen LogP contribution is 2.47. The van der Waals surface area contributed by atoms with Crippen LogP contribution in [0.4, 0.5) is 0 Å². The first-order valence-corrected chi connectivity index (χ1v) is 8.14. The van der Waals surface area contributed by atoms with E-state index < -0.39 is 0 Å². The molecule has 0 unspecified atom stereocenters. The van der Waals surface area contributed by atoms with Gasteiger partial charge in [-0.25, -0.2) is 0 Å². The number of fused-ring (bicyclic) bond motifs is 3. The Hall–Kier alpha value is -1.76.